The van der Waals surface area contributed by atoms with E-state index in [-0.39, 0.29) is 17.7 Å². The van der Waals surface area contributed by atoms with E-state index in [1.165, 1.54) is 0 Å². The molecule has 0 radical (unpaired) electrons. The Morgan fingerprint density at radius 1 is 1.50 bits per heavy atom. The van der Waals surface area contributed by atoms with Crippen LogP contribution < -0.4 is 4.74 Å². The summed E-state index contributed by atoms with van der Waals surface area (Å²) in [5.41, 5.74) is 0.527. The van der Waals surface area contributed by atoms with Crippen molar-refractivity contribution >= 4 is 5.97 Å². The van der Waals surface area contributed by atoms with Crippen molar-refractivity contribution in [1.29, 1.82) is 0 Å². The minimum atomic E-state index is -1.12. The molecule has 2 aromatic rings. The molecule has 0 saturated heterocycles. The van der Waals surface area contributed by atoms with Gasteiger partial charge < -0.3 is 19.0 Å². The Kier molecular flexibility index (Phi) is 4.37. The molecule has 1 atom stereocenters. The quantitative estimate of drug-likeness (QED) is 0.873. The third-order valence-corrected chi connectivity index (χ3v) is 2.54. The fourth-order valence-corrected chi connectivity index (χ4v) is 1.71. The van der Waals surface area contributed by atoms with Crippen LogP contribution in [0, 0.1) is 0 Å². The van der Waals surface area contributed by atoms with Crippen molar-refractivity contribution in [3.05, 3.63) is 36.2 Å². The highest BCUT2D eigenvalue weighted by Gasteiger charge is 2.13. The number of aromatic carboxylic acids is 1. The highest BCUT2D eigenvalue weighted by Crippen LogP contribution is 2.24. The monoisotopic (exact) mass is 277 g/mol. The van der Waals surface area contributed by atoms with E-state index in [0.717, 1.165) is 6.26 Å². The number of carboxylic acid groups (broad SMARTS) is 1. The van der Waals surface area contributed by atoms with Gasteiger partial charge in [-0.15, -0.1) is 0 Å². The first kappa shape index (κ1) is 14.1. The lowest BCUT2D eigenvalue weighted by atomic mass is 10.2. The van der Waals surface area contributed by atoms with Crippen molar-refractivity contribution in [2.24, 2.45) is 0 Å². The number of benzene rings is 1. The van der Waals surface area contributed by atoms with E-state index in [4.69, 9.17) is 19.0 Å². The third-order valence-electron chi connectivity index (χ3n) is 2.54. The van der Waals surface area contributed by atoms with E-state index in [9.17, 15) is 4.79 Å². The van der Waals surface area contributed by atoms with Gasteiger partial charge in [0.2, 0.25) is 5.89 Å². The highest BCUT2D eigenvalue weighted by molar-refractivity contribution is 5.85. The molecule has 1 unspecified atom stereocenters. The normalized spacial score (nSPS) is 12.1. The second-order valence-corrected chi connectivity index (χ2v) is 4.25. The Balaban J connectivity index is 2.18. The zero-order valence-corrected chi connectivity index (χ0v) is 11.2. The van der Waals surface area contributed by atoms with E-state index in [2.05, 4.69) is 4.98 Å². The molecule has 0 bridgehead atoms. The van der Waals surface area contributed by atoms with Gasteiger partial charge >= 0.3 is 5.97 Å². The van der Waals surface area contributed by atoms with Crippen molar-refractivity contribution in [3.63, 3.8) is 0 Å². The van der Waals surface area contributed by atoms with Gasteiger partial charge in [0.25, 0.3) is 0 Å². The van der Waals surface area contributed by atoms with Gasteiger partial charge in [-0.1, -0.05) is 6.07 Å². The molecule has 0 amide bonds. The molecule has 20 heavy (non-hydrogen) atoms. The van der Waals surface area contributed by atoms with E-state index >= 15 is 0 Å². The number of ether oxygens (including phenoxy) is 2. The van der Waals surface area contributed by atoms with Crippen molar-refractivity contribution in [3.8, 4) is 17.2 Å². The Hall–Kier alpha value is -2.34. The van der Waals surface area contributed by atoms with Gasteiger partial charge in [0.05, 0.1) is 6.61 Å². The number of carbonyl (C=O) groups is 1. The molecule has 1 aromatic carbocycles. The van der Waals surface area contributed by atoms with Gasteiger partial charge in [-0.25, -0.2) is 9.78 Å². The first-order valence-electron chi connectivity index (χ1n) is 6.05. The summed E-state index contributed by atoms with van der Waals surface area (Å²) in [4.78, 5) is 14.7. The minimum Gasteiger partial charge on any atom is -0.488 e. The van der Waals surface area contributed by atoms with Crippen molar-refractivity contribution in [2.75, 3.05) is 13.7 Å². The zero-order valence-electron chi connectivity index (χ0n) is 11.2. The predicted molar refractivity (Wildman–Crippen MR) is 70.9 cm³/mol. The topological polar surface area (TPSA) is 81.8 Å². The van der Waals surface area contributed by atoms with E-state index < -0.39 is 5.97 Å². The first-order chi connectivity index (χ1) is 9.60. The molecule has 106 valence electrons. The van der Waals surface area contributed by atoms with Gasteiger partial charge in [0.1, 0.15) is 18.1 Å². The maximum Gasteiger partial charge on any atom is 0.357 e. The number of hydrogen-bond acceptors (Lipinski definition) is 5. The second kappa shape index (κ2) is 6.21. The number of aromatic nitrogens is 1. The Morgan fingerprint density at radius 3 is 2.95 bits per heavy atom. The Morgan fingerprint density at radius 2 is 2.30 bits per heavy atom. The summed E-state index contributed by atoms with van der Waals surface area (Å²) in [5, 5.41) is 8.82. The lowest BCUT2D eigenvalue weighted by Gasteiger charge is -2.13. The number of methoxy groups -OCH3 is 1. The third kappa shape index (κ3) is 3.36. The SMILES string of the molecule is COCC(C)Oc1cccc(-c2nc(C(=O)O)co2)c1. The van der Waals surface area contributed by atoms with Gasteiger partial charge in [-0.3, -0.25) is 0 Å². The number of oxazole rings is 1. The van der Waals surface area contributed by atoms with Crippen molar-refractivity contribution in [1.82, 2.24) is 4.98 Å². The predicted octanol–water partition coefficient (Wildman–Crippen LogP) is 2.45. The van der Waals surface area contributed by atoms with Crippen LogP contribution in [0.25, 0.3) is 11.5 Å². The average molecular weight is 277 g/mol. The van der Waals surface area contributed by atoms with Crippen LogP contribution in [0.15, 0.2) is 34.9 Å². The molecule has 0 aliphatic rings. The summed E-state index contributed by atoms with van der Waals surface area (Å²) in [6, 6.07) is 7.10. The average Bonchev–Trinajstić information content (AvgIpc) is 2.89. The molecule has 0 saturated carbocycles. The largest absolute Gasteiger partial charge is 0.488 e. The van der Waals surface area contributed by atoms with Crippen LogP contribution in [0.5, 0.6) is 5.75 Å². The Bertz CT molecular complexity index is 593. The van der Waals surface area contributed by atoms with Crippen LogP contribution in [0.3, 0.4) is 0 Å². The molecule has 6 nitrogen and oxygen atoms in total. The van der Waals surface area contributed by atoms with Crippen LogP contribution in [-0.4, -0.2) is 35.9 Å². The summed E-state index contributed by atoms with van der Waals surface area (Å²) in [6.07, 6.45) is 1.02. The molecule has 0 fully saturated rings. The van der Waals surface area contributed by atoms with Gasteiger partial charge in [-0.2, -0.15) is 0 Å². The zero-order chi connectivity index (χ0) is 14.5. The Labute approximate surface area is 116 Å². The molecule has 0 aliphatic heterocycles. The molecule has 6 heteroatoms. The maximum atomic E-state index is 10.8. The number of rotatable bonds is 6. The van der Waals surface area contributed by atoms with Crippen LogP contribution in [0.4, 0.5) is 0 Å². The lowest BCUT2D eigenvalue weighted by molar-refractivity contribution is 0.0690. The van der Waals surface area contributed by atoms with Gasteiger partial charge in [-0.05, 0) is 25.1 Å². The van der Waals surface area contributed by atoms with Crippen molar-refractivity contribution in [2.45, 2.75) is 13.0 Å². The smallest absolute Gasteiger partial charge is 0.357 e. The molecule has 2 rings (SSSR count). The van der Waals surface area contributed by atoms with Crippen LogP contribution in [0.1, 0.15) is 17.4 Å². The van der Waals surface area contributed by atoms with E-state index in [0.29, 0.717) is 17.9 Å². The molecule has 1 heterocycles. The maximum absolute atomic E-state index is 10.8. The number of nitrogens with zero attached hydrogens (tertiary/aromatic N) is 1. The molecule has 0 spiro atoms. The summed E-state index contributed by atoms with van der Waals surface area (Å²) in [6.45, 7) is 2.37. The molecule has 1 aromatic heterocycles. The molecule has 0 aliphatic carbocycles. The first-order valence-corrected chi connectivity index (χ1v) is 6.05. The van der Waals surface area contributed by atoms with Gasteiger partial charge in [0.15, 0.2) is 5.69 Å². The summed E-state index contributed by atoms with van der Waals surface area (Å²) in [5.74, 6) is -0.240. The highest BCUT2D eigenvalue weighted by atomic mass is 16.5. The van der Waals surface area contributed by atoms with Crippen LogP contribution in [0.2, 0.25) is 0 Å². The van der Waals surface area contributed by atoms with Crippen LogP contribution >= 0.6 is 0 Å². The standard InChI is InChI=1S/C14H15NO5/c1-9(7-18-2)20-11-5-3-4-10(6-11)13-15-12(8-19-13)14(16)17/h3-6,8-9H,7H2,1-2H3,(H,16,17). The minimum absolute atomic E-state index is 0.0885. The second-order valence-electron chi connectivity index (χ2n) is 4.25. The van der Waals surface area contributed by atoms with Crippen LogP contribution in [-0.2, 0) is 4.74 Å². The summed E-state index contributed by atoms with van der Waals surface area (Å²) in [7, 11) is 1.61. The number of carboxylic acids is 1. The van der Waals surface area contributed by atoms with Crippen molar-refractivity contribution < 1.29 is 23.8 Å². The molecular formula is C14H15NO5. The molecular weight excluding hydrogens is 262 g/mol. The summed E-state index contributed by atoms with van der Waals surface area (Å²) >= 11 is 0. The van der Waals surface area contributed by atoms with Gasteiger partial charge in [0, 0.05) is 12.7 Å². The summed E-state index contributed by atoms with van der Waals surface area (Å²) < 4.78 is 15.8. The fraction of sp³-hybridized carbons (Fsp3) is 0.286. The fourth-order valence-electron chi connectivity index (χ4n) is 1.71. The number of hydrogen-bond donors (Lipinski definition) is 1. The molecule has 1 N–H and O–H groups in total. The van der Waals surface area contributed by atoms with E-state index in [1.807, 2.05) is 6.92 Å². The van der Waals surface area contributed by atoms with E-state index in [1.54, 1.807) is 31.4 Å². The lowest BCUT2D eigenvalue weighted by Crippen LogP contribution is -2.17.